The van der Waals surface area contributed by atoms with Crippen LogP contribution >= 0.6 is 0 Å². The highest BCUT2D eigenvalue weighted by Crippen LogP contribution is 2.32. The van der Waals surface area contributed by atoms with Crippen LogP contribution in [0.4, 0.5) is 4.39 Å². The summed E-state index contributed by atoms with van der Waals surface area (Å²) in [4.78, 5) is 15.0. The molecule has 0 amide bonds. The van der Waals surface area contributed by atoms with E-state index in [0.29, 0.717) is 11.1 Å². The normalized spacial score (nSPS) is 23.9. The Labute approximate surface area is 111 Å². The Hall–Kier alpha value is -1.58. The van der Waals surface area contributed by atoms with Crippen LogP contribution in [-0.4, -0.2) is 9.55 Å². The molecule has 0 spiro atoms. The Bertz CT molecular complexity index is 663. The molecular weight excluding hydrogens is 243 g/mol. The van der Waals surface area contributed by atoms with E-state index in [4.69, 9.17) is 0 Å². The molecule has 1 heterocycles. The number of H-pyrrole nitrogens is 1. The average Bonchev–Trinajstić information content (AvgIpc) is 2.67. The number of aryl methyl sites for hydroxylation is 1. The third-order valence-electron chi connectivity index (χ3n) is 4.35. The number of nitrogens with zero attached hydrogens (tertiary/aromatic N) is 1. The fraction of sp³-hybridized carbons (Fsp3) is 0.533. The number of aromatic amines is 1. The van der Waals surface area contributed by atoms with E-state index in [1.165, 1.54) is 6.07 Å². The van der Waals surface area contributed by atoms with Gasteiger partial charge in [0.1, 0.15) is 5.82 Å². The van der Waals surface area contributed by atoms with Gasteiger partial charge in [-0.1, -0.05) is 6.92 Å². The van der Waals surface area contributed by atoms with E-state index in [2.05, 4.69) is 11.9 Å². The maximum Gasteiger partial charge on any atom is 0.326 e. The highest BCUT2D eigenvalue weighted by molar-refractivity contribution is 5.76. The topological polar surface area (TPSA) is 37.8 Å². The maximum absolute atomic E-state index is 13.7. The predicted molar refractivity (Wildman–Crippen MR) is 73.9 cm³/mol. The molecule has 2 aromatic rings. The first-order valence-electron chi connectivity index (χ1n) is 6.96. The molecule has 0 bridgehead atoms. The van der Waals surface area contributed by atoms with Crippen LogP contribution in [0.1, 0.15) is 44.2 Å². The number of benzene rings is 1. The molecule has 1 N–H and O–H groups in total. The minimum atomic E-state index is -0.246. The van der Waals surface area contributed by atoms with Crippen molar-refractivity contribution in [3.05, 3.63) is 34.0 Å². The van der Waals surface area contributed by atoms with Gasteiger partial charge in [-0.05, 0) is 50.2 Å². The number of rotatable bonds is 1. The van der Waals surface area contributed by atoms with Gasteiger partial charge in [-0.2, -0.15) is 0 Å². The lowest BCUT2D eigenvalue weighted by Crippen LogP contribution is -2.25. The van der Waals surface area contributed by atoms with E-state index in [0.717, 1.165) is 37.1 Å². The van der Waals surface area contributed by atoms with Crippen molar-refractivity contribution in [2.24, 2.45) is 5.92 Å². The monoisotopic (exact) mass is 262 g/mol. The van der Waals surface area contributed by atoms with Crippen molar-refractivity contribution in [1.82, 2.24) is 9.55 Å². The second kappa shape index (κ2) is 4.51. The summed E-state index contributed by atoms with van der Waals surface area (Å²) in [6.07, 6.45) is 4.28. The summed E-state index contributed by atoms with van der Waals surface area (Å²) in [7, 11) is 0. The first-order chi connectivity index (χ1) is 9.06. The van der Waals surface area contributed by atoms with Crippen LogP contribution < -0.4 is 5.69 Å². The van der Waals surface area contributed by atoms with Crippen LogP contribution in [0, 0.1) is 18.7 Å². The van der Waals surface area contributed by atoms with Crippen molar-refractivity contribution >= 4 is 11.0 Å². The zero-order chi connectivity index (χ0) is 13.6. The Morgan fingerprint density at radius 3 is 2.63 bits per heavy atom. The van der Waals surface area contributed by atoms with Gasteiger partial charge in [-0.25, -0.2) is 9.18 Å². The number of nitrogens with one attached hydrogen (secondary N) is 1. The van der Waals surface area contributed by atoms with E-state index >= 15 is 0 Å². The first kappa shape index (κ1) is 12.5. The molecule has 1 aliphatic carbocycles. The van der Waals surface area contributed by atoms with Gasteiger partial charge in [0, 0.05) is 12.1 Å². The molecule has 0 unspecified atom stereocenters. The molecule has 102 valence electrons. The first-order valence-corrected chi connectivity index (χ1v) is 6.96. The van der Waals surface area contributed by atoms with Gasteiger partial charge >= 0.3 is 5.69 Å². The maximum atomic E-state index is 13.7. The van der Waals surface area contributed by atoms with Crippen molar-refractivity contribution in [3.63, 3.8) is 0 Å². The van der Waals surface area contributed by atoms with Gasteiger partial charge in [-0.15, -0.1) is 0 Å². The molecule has 0 radical (unpaired) electrons. The number of hydrogen-bond acceptors (Lipinski definition) is 1. The molecule has 0 aliphatic heterocycles. The Kier molecular flexibility index (Phi) is 2.96. The predicted octanol–water partition coefficient (Wildman–Crippen LogP) is 3.53. The number of hydrogen-bond donors (Lipinski definition) is 1. The van der Waals surface area contributed by atoms with E-state index in [-0.39, 0.29) is 17.5 Å². The van der Waals surface area contributed by atoms with Gasteiger partial charge in [0.05, 0.1) is 11.0 Å². The molecule has 0 atom stereocenters. The van der Waals surface area contributed by atoms with Gasteiger partial charge in [0.2, 0.25) is 0 Å². The van der Waals surface area contributed by atoms with E-state index in [1.807, 2.05) is 0 Å². The molecule has 3 nitrogen and oxygen atoms in total. The fourth-order valence-corrected chi connectivity index (χ4v) is 3.12. The zero-order valence-electron chi connectivity index (χ0n) is 11.4. The average molecular weight is 262 g/mol. The van der Waals surface area contributed by atoms with Crippen molar-refractivity contribution in [2.45, 2.75) is 45.6 Å². The Morgan fingerprint density at radius 1 is 1.26 bits per heavy atom. The quantitative estimate of drug-likeness (QED) is 0.838. The van der Waals surface area contributed by atoms with Crippen LogP contribution in [0.15, 0.2) is 16.9 Å². The summed E-state index contributed by atoms with van der Waals surface area (Å²) >= 11 is 0. The second-order valence-corrected chi connectivity index (χ2v) is 5.83. The van der Waals surface area contributed by atoms with Gasteiger partial charge in [0.15, 0.2) is 0 Å². The molecule has 3 rings (SSSR count). The van der Waals surface area contributed by atoms with E-state index < -0.39 is 0 Å². The number of fused-ring (bicyclic) bond motifs is 1. The molecular formula is C15H19FN2O. The minimum Gasteiger partial charge on any atom is -0.306 e. The molecule has 1 aliphatic rings. The Balaban J connectivity index is 2.10. The molecule has 4 heteroatoms. The molecule has 19 heavy (non-hydrogen) atoms. The van der Waals surface area contributed by atoms with Crippen LogP contribution in [0.25, 0.3) is 11.0 Å². The number of imidazole rings is 1. The fourth-order valence-electron chi connectivity index (χ4n) is 3.12. The number of halogens is 1. The summed E-state index contributed by atoms with van der Waals surface area (Å²) in [5.74, 6) is 0.487. The SMILES string of the molecule is Cc1cc2[nH]c(=O)n([C@H]3CC[C@H](C)CC3)c2cc1F. The smallest absolute Gasteiger partial charge is 0.306 e. The summed E-state index contributed by atoms with van der Waals surface area (Å²) in [5.41, 5.74) is 1.90. The Morgan fingerprint density at radius 2 is 1.95 bits per heavy atom. The van der Waals surface area contributed by atoms with Crippen molar-refractivity contribution < 1.29 is 4.39 Å². The third kappa shape index (κ3) is 2.09. The standard InChI is InChI=1S/C15H19FN2O/c1-9-3-5-11(6-4-9)18-14-8-12(16)10(2)7-13(14)17-15(18)19/h7-9,11H,3-6H2,1-2H3,(H,17,19)/t9-,11-. The van der Waals surface area contributed by atoms with Crippen molar-refractivity contribution in [1.29, 1.82) is 0 Å². The van der Waals surface area contributed by atoms with Gasteiger partial charge in [0.25, 0.3) is 0 Å². The van der Waals surface area contributed by atoms with Crippen LogP contribution in [-0.2, 0) is 0 Å². The van der Waals surface area contributed by atoms with Crippen molar-refractivity contribution in [3.8, 4) is 0 Å². The van der Waals surface area contributed by atoms with E-state index in [1.54, 1.807) is 17.6 Å². The van der Waals surface area contributed by atoms with E-state index in [9.17, 15) is 9.18 Å². The minimum absolute atomic E-state index is 0.112. The second-order valence-electron chi connectivity index (χ2n) is 5.83. The summed E-state index contributed by atoms with van der Waals surface area (Å²) < 4.78 is 15.5. The lowest BCUT2D eigenvalue weighted by atomic mass is 9.87. The highest BCUT2D eigenvalue weighted by atomic mass is 19.1. The molecule has 1 aromatic heterocycles. The largest absolute Gasteiger partial charge is 0.326 e. The van der Waals surface area contributed by atoms with Crippen molar-refractivity contribution in [2.75, 3.05) is 0 Å². The summed E-state index contributed by atoms with van der Waals surface area (Å²) in [5, 5.41) is 0. The number of aromatic nitrogens is 2. The molecule has 1 fully saturated rings. The molecule has 1 saturated carbocycles. The van der Waals surface area contributed by atoms with Gasteiger partial charge in [-0.3, -0.25) is 4.57 Å². The van der Waals surface area contributed by atoms with Crippen LogP contribution in [0.3, 0.4) is 0 Å². The molecule has 1 aromatic carbocycles. The summed E-state index contributed by atoms with van der Waals surface area (Å²) in [6, 6.07) is 3.41. The summed E-state index contributed by atoms with van der Waals surface area (Å²) in [6.45, 7) is 3.96. The lowest BCUT2D eigenvalue weighted by Gasteiger charge is -2.27. The van der Waals surface area contributed by atoms with Gasteiger partial charge < -0.3 is 4.98 Å². The van der Waals surface area contributed by atoms with Crippen LogP contribution in [0.5, 0.6) is 0 Å². The third-order valence-corrected chi connectivity index (χ3v) is 4.35. The van der Waals surface area contributed by atoms with Crippen LogP contribution in [0.2, 0.25) is 0 Å². The molecule has 0 saturated heterocycles. The zero-order valence-corrected chi connectivity index (χ0v) is 11.4. The lowest BCUT2D eigenvalue weighted by molar-refractivity contribution is 0.290. The highest BCUT2D eigenvalue weighted by Gasteiger charge is 2.23.